The minimum Gasteiger partial charge on any atom is -0.356 e. The molecule has 2 N–H and O–H groups in total. The first-order chi connectivity index (χ1) is 15.6. The van der Waals surface area contributed by atoms with Crippen molar-refractivity contribution >= 4 is 34.3 Å². The molecule has 0 saturated heterocycles. The monoisotopic (exact) mass is 441 g/mol. The second-order valence-electron chi connectivity index (χ2n) is 8.33. The molecule has 6 rings (SSSR count). The fourth-order valence-electron chi connectivity index (χ4n) is 5.05. The Balaban J connectivity index is 1.41. The molecule has 6 heteroatoms. The van der Waals surface area contributed by atoms with E-state index in [0.29, 0.717) is 23.6 Å². The Labute approximate surface area is 190 Å². The number of fused-ring (bicyclic) bond motifs is 7. The van der Waals surface area contributed by atoms with E-state index in [9.17, 15) is 9.59 Å². The highest BCUT2D eigenvalue weighted by Gasteiger charge is 2.48. The molecular formula is C26H20ClN3O2. The number of nitrogens with zero attached hydrogens (tertiary/aromatic N) is 1. The van der Waals surface area contributed by atoms with Crippen LogP contribution < -0.4 is 5.32 Å². The number of halogens is 1. The number of benzene rings is 3. The van der Waals surface area contributed by atoms with E-state index in [2.05, 4.69) is 16.4 Å². The van der Waals surface area contributed by atoms with Gasteiger partial charge in [-0.05, 0) is 41.0 Å². The van der Waals surface area contributed by atoms with E-state index in [1.807, 2.05) is 54.6 Å². The molecule has 2 aliphatic rings. The van der Waals surface area contributed by atoms with Gasteiger partial charge in [-0.1, -0.05) is 60.1 Å². The molecule has 0 spiro atoms. The lowest BCUT2D eigenvalue weighted by Gasteiger charge is -2.37. The van der Waals surface area contributed by atoms with E-state index in [0.717, 1.165) is 33.3 Å². The Hall–Kier alpha value is -3.57. The first-order valence-corrected chi connectivity index (χ1v) is 11.0. The Morgan fingerprint density at radius 2 is 1.78 bits per heavy atom. The molecule has 158 valence electrons. The standard InChI is InChI=1S/C26H20ClN3O2/c27-16-11-9-15(10-12-16)14-28-25(31)22-13-20-17-5-3-4-8-21(17)29-23(20)24-18-6-1-2-7-19(18)26(32)30(22)24/h1-12,22,24,29H,13-14H2,(H,28,31)/t22-,24?/m0/s1. The van der Waals surface area contributed by atoms with E-state index < -0.39 is 6.04 Å². The number of H-pyrrole nitrogens is 1. The lowest BCUT2D eigenvalue weighted by Crippen LogP contribution is -2.52. The summed E-state index contributed by atoms with van der Waals surface area (Å²) in [5, 5.41) is 4.79. The molecule has 2 amide bonds. The van der Waals surface area contributed by atoms with Crippen LogP contribution in [0, 0.1) is 0 Å². The smallest absolute Gasteiger partial charge is 0.255 e. The van der Waals surface area contributed by atoms with Gasteiger partial charge in [0.2, 0.25) is 5.91 Å². The first kappa shape index (κ1) is 19.1. The second kappa shape index (κ2) is 7.24. The number of hydrogen-bond donors (Lipinski definition) is 2. The van der Waals surface area contributed by atoms with Gasteiger partial charge in [-0.15, -0.1) is 0 Å². The SMILES string of the molecule is O=C(NCc1ccc(Cl)cc1)[C@@H]1Cc2c([nH]c3ccccc23)C2c3ccccc3C(=O)N21. The minimum absolute atomic E-state index is 0.0958. The van der Waals surface area contributed by atoms with Crippen LogP contribution in [0.4, 0.5) is 0 Å². The molecule has 3 heterocycles. The summed E-state index contributed by atoms with van der Waals surface area (Å²) in [7, 11) is 0. The molecule has 2 atom stereocenters. The summed E-state index contributed by atoms with van der Waals surface area (Å²) >= 11 is 5.97. The highest BCUT2D eigenvalue weighted by Crippen LogP contribution is 2.46. The molecule has 0 fully saturated rings. The molecular weight excluding hydrogens is 422 g/mol. The summed E-state index contributed by atoms with van der Waals surface area (Å²) in [6.07, 6.45) is 0.474. The lowest BCUT2D eigenvalue weighted by atomic mass is 9.90. The van der Waals surface area contributed by atoms with E-state index in [1.165, 1.54) is 0 Å². The largest absolute Gasteiger partial charge is 0.356 e. The second-order valence-corrected chi connectivity index (χ2v) is 8.77. The van der Waals surface area contributed by atoms with Gasteiger partial charge in [0.1, 0.15) is 6.04 Å². The van der Waals surface area contributed by atoms with Crippen LogP contribution in [-0.4, -0.2) is 27.7 Å². The van der Waals surface area contributed by atoms with Crippen molar-refractivity contribution in [2.75, 3.05) is 0 Å². The average Bonchev–Trinajstić information content (AvgIpc) is 3.34. The van der Waals surface area contributed by atoms with Crippen molar-refractivity contribution in [2.45, 2.75) is 25.0 Å². The summed E-state index contributed by atoms with van der Waals surface area (Å²) in [5.74, 6) is -0.247. The summed E-state index contributed by atoms with van der Waals surface area (Å²) < 4.78 is 0. The van der Waals surface area contributed by atoms with Crippen LogP contribution in [0.25, 0.3) is 10.9 Å². The van der Waals surface area contributed by atoms with Gasteiger partial charge in [0.25, 0.3) is 5.91 Å². The maximum atomic E-state index is 13.4. The predicted molar refractivity (Wildman–Crippen MR) is 124 cm³/mol. The zero-order chi connectivity index (χ0) is 21.8. The molecule has 1 aromatic heterocycles. The number of nitrogens with one attached hydrogen (secondary N) is 2. The van der Waals surface area contributed by atoms with Crippen molar-refractivity contribution < 1.29 is 9.59 Å². The molecule has 5 nitrogen and oxygen atoms in total. The first-order valence-electron chi connectivity index (χ1n) is 10.6. The Morgan fingerprint density at radius 3 is 2.62 bits per heavy atom. The van der Waals surface area contributed by atoms with E-state index in [-0.39, 0.29) is 17.9 Å². The van der Waals surface area contributed by atoms with Crippen molar-refractivity contribution in [3.05, 3.63) is 106 Å². The Bertz CT molecular complexity index is 1380. The fraction of sp³-hybridized carbons (Fsp3) is 0.154. The number of hydrogen-bond acceptors (Lipinski definition) is 2. The third kappa shape index (κ3) is 2.85. The van der Waals surface area contributed by atoms with Gasteiger partial charge < -0.3 is 15.2 Å². The molecule has 2 aliphatic heterocycles. The van der Waals surface area contributed by atoms with Crippen molar-refractivity contribution in [1.82, 2.24) is 15.2 Å². The predicted octanol–water partition coefficient (Wildman–Crippen LogP) is 4.61. The van der Waals surface area contributed by atoms with Crippen LogP contribution in [0.1, 0.15) is 38.8 Å². The van der Waals surface area contributed by atoms with Crippen molar-refractivity contribution in [3.8, 4) is 0 Å². The summed E-state index contributed by atoms with van der Waals surface area (Å²) in [5.41, 5.74) is 5.71. The van der Waals surface area contributed by atoms with Gasteiger partial charge in [-0.2, -0.15) is 0 Å². The van der Waals surface area contributed by atoms with Gasteiger partial charge >= 0.3 is 0 Å². The fourth-order valence-corrected chi connectivity index (χ4v) is 5.17. The highest BCUT2D eigenvalue weighted by molar-refractivity contribution is 6.30. The van der Waals surface area contributed by atoms with Crippen molar-refractivity contribution in [2.24, 2.45) is 0 Å². The van der Waals surface area contributed by atoms with Crippen LogP contribution in [0.5, 0.6) is 0 Å². The molecule has 1 unspecified atom stereocenters. The topological polar surface area (TPSA) is 65.2 Å². The summed E-state index contributed by atoms with van der Waals surface area (Å²) in [6.45, 7) is 0.382. The zero-order valence-electron chi connectivity index (χ0n) is 17.1. The summed E-state index contributed by atoms with van der Waals surface area (Å²) in [4.78, 5) is 32.1. The van der Waals surface area contributed by atoms with Gasteiger partial charge in [-0.25, -0.2) is 0 Å². The van der Waals surface area contributed by atoms with Crippen LogP contribution in [0.2, 0.25) is 5.02 Å². The van der Waals surface area contributed by atoms with Gasteiger partial charge in [0.15, 0.2) is 0 Å². The number of rotatable bonds is 3. The molecule has 32 heavy (non-hydrogen) atoms. The van der Waals surface area contributed by atoms with Gasteiger partial charge in [-0.3, -0.25) is 9.59 Å². The Morgan fingerprint density at radius 1 is 1.03 bits per heavy atom. The Kier molecular flexibility index (Phi) is 4.33. The quantitative estimate of drug-likeness (QED) is 0.487. The van der Waals surface area contributed by atoms with E-state index in [1.54, 1.807) is 17.0 Å². The normalized spacial score (nSPS) is 18.9. The molecule has 0 radical (unpaired) electrons. The maximum Gasteiger partial charge on any atom is 0.255 e. The van der Waals surface area contributed by atoms with Gasteiger partial charge in [0, 0.05) is 40.1 Å². The third-order valence-electron chi connectivity index (χ3n) is 6.53. The minimum atomic E-state index is -0.584. The molecule has 0 aliphatic carbocycles. The number of amides is 2. The number of carbonyl (C=O) groups excluding carboxylic acids is 2. The van der Waals surface area contributed by atoms with E-state index in [4.69, 9.17) is 11.6 Å². The van der Waals surface area contributed by atoms with Gasteiger partial charge in [0.05, 0.1) is 6.04 Å². The van der Waals surface area contributed by atoms with Crippen LogP contribution in [0.15, 0.2) is 72.8 Å². The molecule has 0 saturated carbocycles. The van der Waals surface area contributed by atoms with Crippen LogP contribution in [0.3, 0.4) is 0 Å². The lowest BCUT2D eigenvalue weighted by molar-refractivity contribution is -0.126. The maximum absolute atomic E-state index is 13.4. The average molecular weight is 442 g/mol. The molecule has 4 aromatic rings. The molecule has 0 bridgehead atoms. The van der Waals surface area contributed by atoms with Crippen molar-refractivity contribution in [1.29, 1.82) is 0 Å². The van der Waals surface area contributed by atoms with Crippen LogP contribution in [-0.2, 0) is 17.8 Å². The highest BCUT2D eigenvalue weighted by atomic mass is 35.5. The van der Waals surface area contributed by atoms with E-state index >= 15 is 0 Å². The van der Waals surface area contributed by atoms with Crippen LogP contribution >= 0.6 is 11.6 Å². The number of aromatic nitrogens is 1. The number of aromatic amines is 1. The molecule has 3 aromatic carbocycles. The summed E-state index contributed by atoms with van der Waals surface area (Å²) in [6, 6.07) is 22.3. The van der Waals surface area contributed by atoms with Crippen molar-refractivity contribution in [3.63, 3.8) is 0 Å². The zero-order valence-corrected chi connectivity index (χ0v) is 17.9. The number of para-hydroxylation sites is 1. The number of carbonyl (C=O) groups is 2. The third-order valence-corrected chi connectivity index (χ3v) is 6.79.